The van der Waals surface area contributed by atoms with Crippen LogP contribution in [0.3, 0.4) is 0 Å². The average Bonchev–Trinajstić information content (AvgIpc) is 2.45. The Balaban J connectivity index is 1.76. The Morgan fingerprint density at radius 1 is 1.15 bits per heavy atom. The van der Waals surface area contributed by atoms with Crippen LogP contribution < -0.4 is 10.6 Å². The smallest absolute Gasteiger partial charge is 0.243 e. The van der Waals surface area contributed by atoms with Crippen molar-refractivity contribution < 1.29 is 9.59 Å². The minimum absolute atomic E-state index is 0.0554. The molecular formula is C16H20N2O2. The lowest BCUT2D eigenvalue weighted by molar-refractivity contribution is -0.136. The lowest BCUT2D eigenvalue weighted by Crippen LogP contribution is -2.60. The van der Waals surface area contributed by atoms with Crippen LogP contribution in [-0.2, 0) is 16.0 Å². The van der Waals surface area contributed by atoms with Crippen LogP contribution in [0.5, 0.6) is 0 Å². The van der Waals surface area contributed by atoms with E-state index < -0.39 is 12.1 Å². The van der Waals surface area contributed by atoms with Crippen molar-refractivity contribution in [1.29, 1.82) is 0 Å². The summed E-state index contributed by atoms with van der Waals surface area (Å²) in [6, 6.07) is 7.64. The molecule has 0 radical (unpaired) electrons. The third-order valence-corrected chi connectivity index (χ3v) is 4.40. The van der Waals surface area contributed by atoms with E-state index in [-0.39, 0.29) is 11.8 Å². The second-order valence-corrected chi connectivity index (χ2v) is 5.82. The number of hydrogen-bond donors (Lipinski definition) is 2. The summed E-state index contributed by atoms with van der Waals surface area (Å²) >= 11 is 0. The quantitative estimate of drug-likeness (QED) is 0.857. The molecule has 2 amide bonds. The van der Waals surface area contributed by atoms with Gasteiger partial charge in [0.2, 0.25) is 11.8 Å². The maximum atomic E-state index is 12.0. The largest absolute Gasteiger partial charge is 0.343 e. The standard InChI is InChI=1S/C16H20N2O2/c1-10-15(19)18-14(16(20)17-10)9-12-7-4-6-11-5-2-3-8-13(11)12/h2-3,5,8,10,12,14H,4,6-7,9H2,1H3,(H,17,20)(H,18,19)/t10-,12?,14?/m0/s1. The van der Waals surface area contributed by atoms with Gasteiger partial charge < -0.3 is 10.6 Å². The number of piperazine rings is 1. The molecule has 0 spiro atoms. The Morgan fingerprint density at radius 3 is 2.80 bits per heavy atom. The zero-order chi connectivity index (χ0) is 14.1. The van der Waals surface area contributed by atoms with Gasteiger partial charge in [0, 0.05) is 0 Å². The van der Waals surface area contributed by atoms with Gasteiger partial charge in [-0.1, -0.05) is 24.3 Å². The SMILES string of the molecule is C[C@@H]1NC(=O)C(CC2CCCc3ccccc32)NC1=O. The molecule has 2 aliphatic rings. The van der Waals surface area contributed by atoms with Gasteiger partial charge in [0.25, 0.3) is 0 Å². The summed E-state index contributed by atoms with van der Waals surface area (Å²) in [4.78, 5) is 23.7. The van der Waals surface area contributed by atoms with E-state index >= 15 is 0 Å². The molecule has 1 fully saturated rings. The molecule has 1 aliphatic heterocycles. The maximum Gasteiger partial charge on any atom is 0.243 e. The third kappa shape index (κ3) is 2.42. The van der Waals surface area contributed by atoms with Crippen molar-refractivity contribution in [3.8, 4) is 0 Å². The van der Waals surface area contributed by atoms with Gasteiger partial charge in [-0.05, 0) is 49.7 Å². The van der Waals surface area contributed by atoms with Gasteiger partial charge in [-0.2, -0.15) is 0 Å². The van der Waals surface area contributed by atoms with Crippen molar-refractivity contribution in [3.63, 3.8) is 0 Å². The molecule has 2 N–H and O–H groups in total. The second kappa shape index (κ2) is 5.27. The van der Waals surface area contributed by atoms with E-state index in [1.165, 1.54) is 11.1 Å². The molecule has 3 atom stereocenters. The van der Waals surface area contributed by atoms with Crippen molar-refractivity contribution >= 4 is 11.8 Å². The molecule has 1 saturated heterocycles. The first-order chi connectivity index (χ1) is 9.65. The Morgan fingerprint density at radius 2 is 1.95 bits per heavy atom. The van der Waals surface area contributed by atoms with E-state index in [9.17, 15) is 9.59 Å². The van der Waals surface area contributed by atoms with E-state index in [4.69, 9.17) is 0 Å². The van der Waals surface area contributed by atoms with Crippen molar-refractivity contribution in [2.24, 2.45) is 0 Å². The summed E-state index contributed by atoms with van der Waals surface area (Å²) in [6.45, 7) is 1.71. The lowest BCUT2D eigenvalue weighted by Gasteiger charge is -2.32. The van der Waals surface area contributed by atoms with E-state index in [2.05, 4.69) is 34.9 Å². The summed E-state index contributed by atoms with van der Waals surface area (Å²) in [5, 5.41) is 5.58. The number of nitrogens with one attached hydrogen (secondary N) is 2. The van der Waals surface area contributed by atoms with E-state index in [0.29, 0.717) is 12.3 Å². The highest BCUT2D eigenvalue weighted by Crippen LogP contribution is 2.34. The number of carbonyl (C=O) groups is 2. The Bertz CT molecular complexity index is 541. The van der Waals surface area contributed by atoms with Gasteiger partial charge in [-0.15, -0.1) is 0 Å². The zero-order valence-corrected chi connectivity index (χ0v) is 11.7. The molecule has 1 aromatic carbocycles. The summed E-state index contributed by atoms with van der Waals surface area (Å²) in [5.74, 6) is 0.225. The molecule has 4 heteroatoms. The molecule has 1 heterocycles. The first-order valence-corrected chi connectivity index (χ1v) is 7.33. The summed E-state index contributed by atoms with van der Waals surface area (Å²) in [5.41, 5.74) is 2.74. The number of fused-ring (bicyclic) bond motifs is 1. The van der Waals surface area contributed by atoms with Gasteiger partial charge >= 0.3 is 0 Å². The molecular weight excluding hydrogens is 252 g/mol. The topological polar surface area (TPSA) is 58.2 Å². The van der Waals surface area contributed by atoms with Crippen LogP contribution in [0.25, 0.3) is 0 Å². The van der Waals surface area contributed by atoms with Gasteiger partial charge in [0.15, 0.2) is 0 Å². The fourth-order valence-corrected chi connectivity index (χ4v) is 3.29. The monoisotopic (exact) mass is 272 g/mol. The maximum absolute atomic E-state index is 12.0. The van der Waals surface area contributed by atoms with Crippen LogP contribution in [-0.4, -0.2) is 23.9 Å². The van der Waals surface area contributed by atoms with E-state index in [1.54, 1.807) is 6.92 Å². The fraction of sp³-hybridized carbons (Fsp3) is 0.500. The number of benzene rings is 1. The highest BCUT2D eigenvalue weighted by molar-refractivity contribution is 5.96. The molecule has 0 bridgehead atoms. The Kier molecular flexibility index (Phi) is 3.47. The van der Waals surface area contributed by atoms with Crippen LogP contribution in [0.15, 0.2) is 24.3 Å². The van der Waals surface area contributed by atoms with Crippen molar-refractivity contribution in [2.45, 2.75) is 50.6 Å². The molecule has 3 rings (SSSR count). The first-order valence-electron chi connectivity index (χ1n) is 7.33. The van der Waals surface area contributed by atoms with Crippen LogP contribution in [0.1, 0.15) is 43.2 Å². The predicted molar refractivity (Wildman–Crippen MR) is 76.3 cm³/mol. The second-order valence-electron chi connectivity index (χ2n) is 5.82. The summed E-state index contributed by atoms with van der Waals surface area (Å²) < 4.78 is 0. The number of hydrogen-bond acceptors (Lipinski definition) is 2. The highest BCUT2D eigenvalue weighted by Gasteiger charge is 2.33. The van der Waals surface area contributed by atoms with Crippen molar-refractivity contribution in [2.75, 3.05) is 0 Å². The molecule has 2 unspecified atom stereocenters. The molecule has 106 valence electrons. The number of amides is 2. The minimum Gasteiger partial charge on any atom is -0.343 e. The molecule has 0 saturated carbocycles. The van der Waals surface area contributed by atoms with Gasteiger partial charge in [0.1, 0.15) is 12.1 Å². The predicted octanol–water partition coefficient (Wildman–Crippen LogP) is 1.50. The van der Waals surface area contributed by atoms with Crippen LogP contribution >= 0.6 is 0 Å². The van der Waals surface area contributed by atoms with E-state index in [0.717, 1.165) is 19.3 Å². The summed E-state index contributed by atoms with van der Waals surface area (Å²) in [7, 11) is 0. The van der Waals surface area contributed by atoms with Crippen molar-refractivity contribution in [3.05, 3.63) is 35.4 Å². The van der Waals surface area contributed by atoms with Crippen LogP contribution in [0, 0.1) is 0 Å². The Labute approximate surface area is 118 Å². The fourth-order valence-electron chi connectivity index (χ4n) is 3.29. The summed E-state index contributed by atoms with van der Waals surface area (Å²) in [6.07, 6.45) is 4.06. The lowest BCUT2D eigenvalue weighted by atomic mass is 9.79. The molecule has 1 aromatic rings. The van der Waals surface area contributed by atoms with Crippen molar-refractivity contribution in [1.82, 2.24) is 10.6 Å². The minimum atomic E-state index is -0.419. The highest BCUT2D eigenvalue weighted by atomic mass is 16.2. The molecule has 1 aliphatic carbocycles. The van der Waals surface area contributed by atoms with Gasteiger partial charge in [-0.3, -0.25) is 9.59 Å². The first kappa shape index (κ1) is 13.2. The number of carbonyl (C=O) groups excluding carboxylic acids is 2. The van der Waals surface area contributed by atoms with Gasteiger partial charge in [0.05, 0.1) is 0 Å². The normalized spacial score (nSPS) is 29.4. The average molecular weight is 272 g/mol. The van der Waals surface area contributed by atoms with E-state index in [1.807, 2.05) is 0 Å². The third-order valence-electron chi connectivity index (χ3n) is 4.40. The van der Waals surface area contributed by atoms with Gasteiger partial charge in [-0.25, -0.2) is 0 Å². The molecule has 0 aromatic heterocycles. The number of aryl methyl sites for hydroxylation is 1. The van der Waals surface area contributed by atoms with Crippen LogP contribution in [0.4, 0.5) is 0 Å². The Hall–Kier alpha value is -1.84. The van der Waals surface area contributed by atoms with Crippen LogP contribution in [0.2, 0.25) is 0 Å². The zero-order valence-electron chi connectivity index (χ0n) is 11.7. The molecule has 4 nitrogen and oxygen atoms in total. The molecule has 20 heavy (non-hydrogen) atoms. The number of rotatable bonds is 2.